The first-order valence-electron chi connectivity index (χ1n) is 10.6. The quantitative estimate of drug-likeness (QED) is 0.904. The molecule has 1 N–H and O–H groups in total. The summed E-state index contributed by atoms with van der Waals surface area (Å²) in [6.07, 6.45) is 10.7. The zero-order valence-electron chi connectivity index (χ0n) is 16.1. The molecule has 0 spiro atoms. The summed E-state index contributed by atoms with van der Waals surface area (Å²) in [7, 11) is 0. The van der Waals surface area contributed by atoms with E-state index < -0.39 is 5.60 Å². The number of rotatable bonds is 4. The Morgan fingerprint density at radius 2 is 1.81 bits per heavy atom. The Bertz CT molecular complexity index is 770. The molecule has 144 valence electrons. The lowest BCUT2D eigenvalue weighted by molar-refractivity contribution is 0.0398. The summed E-state index contributed by atoms with van der Waals surface area (Å²) >= 11 is 0. The highest BCUT2D eigenvalue weighted by atomic mass is 16.3. The van der Waals surface area contributed by atoms with Crippen molar-refractivity contribution in [3.8, 4) is 0 Å². The van der Waals surface area contributed by atoms with E-state index in [9.17, 15) is 5.11 Å². The molecule has 2 heterocycles. The standard InChI is InChI=1S/C22H30N4O/c27-22(9-3-4-10-22)21-16-26(24-23-21)15-17-6-5-11-25(14-17)20-12-18-7-1-2-8-19(18)13-20/h1-2,7-8,16-17,20,27H,3-6,9-15H2. The highest BCUT2D eigenvalue weighted by Crippen LogP contribution is 2.37. The molecule has 1 unspecified atom stereocenters. The fraction of sp³-hybridized carbons (Fsp3) is 0.636. The maximum atomic E-state index is 10.7. The van der Waals surface area contributed by atoms with Crippen molar-refractivity contribution in [1.82, 2.24) is 19.9 Å². The molecule has 5 nitrogen and oxygen atoms in total. The number of aliphatic hydroxyl groups is 1. The SMILES string of the molecule is OC1(c2cn(CC3CCCN(C4Cc5ccccc5C4)C3)nn2)CCCC1. The third-order valence-electron chi connectivity index (χ3n) is 6.99. The number of piperidine rings is 1. The molecule has 1 saturated carbocycles. The summed E-state index contributed by atoms with van der Waals surface area (Å²) in [5.41, 5.74) is 3.12. The van der Waals surface area contributed by atoms with Gasteiger partial charge in [-0.25, -0.2) is 0 Å². The topological polar surface area (TPSA) is 54.2 Å². The summed E-state index contributed by atoms with van der Waals surface area (Å²) in [6.45, 7) is 3.29. The van der Waals surface area contributed by atoms with E-state index in [-0.39, 0.29) is 0 Å². The second-order valence-electron chi connectivity index (χ2n) is 8.90. The average molecular weight is 367 g/mol. The molecule has 5 rings (SSSR count). The van der Waals surface area contributed by atoms with Crippen LogP contribution in [0, 0.1) is 5.92 Å². The van der Waals surface area contributed by atoms with Crippen molar-refractivity contribution in [1.29, 1.82) is 0 Å². The number of fused-ring (bicyclic) bond motifs is 1. The summed E-state index contributed by atoms with van der Waals surface area (Å²) < 4.78 is 1.98. The van der Waals surface area contributed by atoms with Gasteiger partial charge < -0.3 is 5.11 Å². The molecule has 2 aromatic rings. The molecule has 1 aromatic carbocycles. The molecule has 0 amide bonds. The van der Waals surface area contributed by atoms with Crippen LogP contribution in [0.4, 0.5) is 0 Å². The predicted molar refractivity (Wildman–Crippen MR) is 104 cm³/mol. The van der Waals surface area contributed by atoms with Gasteiger partial charge >= 0.3 is 0 Å². The second kappa shape index (κ2) is 7.02. The van der Waals surface area contributed by atoms with Crippen LogP contribution in [0.5, 0.6) is 0 Å². The van der Waals surface area contributed by atoms with Gasteiger partial charge in [-0.15, -0.1) is 5.10 Å². The van der Waals surface area contributed by atoms with Crippen molar-refractivity contribution in [3.63, 3.8) is 0 Å². The molecule has 0 radical (unpaired) electrons. The lowest BCUT2D eigenvalue weighted by atomic mass is 9.95. The van der Waals surface area contributed by atoms with Crippen LogP contribution in [-0.4, -0.2) is 44.1 Å². The number of hydrogen-bond donors (Lipinski definition) is 1. The van der Waals surface area contributed by atoms with E-state index >= 15 is 0 Å². The Morgan fingerprint density at radius 3 is 2.56 bits per heavy atom. The van der Waals surface area contributed by atoms with Crippen LogP contribution in [0.2, 0.25) is 0 Å². The van der Waals surface area contributed by atoms with Crippen molar-refractivity contribution in [2.45, 2.75) is 69.6 Å². The van der Waals surface area contributed by atoms with Gasteiger partial charge in [-0.05, 0) is 62.1 Å². The normalized spacial score (nSPS) is 25.7. The minimum atomic E-state index is -0.730. The van der Waals surface area contributed by atoms with Crippen LogP contribution in [0.1, 0.15) is 55.3 Å². The van der Waals surface area contributed by atoms with Crippen molar-refractivity contribution < 1.29 is 5.11 Å². The van der Waals surface area contributed by atoms with Gasteiger partial charge in [0.1, 0.15) is 11.3 Å². The van der Waals surface area contributed by atoms with E-state index in [1.54, 1.807) is 0 Å². The van der Waals surface area contributed by atoms with Crippen LogP contribution in [0.15, 0.2) is 30.5 Å². The van der Waals surface area contributed by atoms with E-state index in [0.29, 0.717) is 12.0 Å². The van der Waals surface area contributed by atoms with Gasteiger partial charge in [-0.1, -0.05) is 42.3 Å². The average Bonchev–Trinajstić information content (AvgIpc) is 3.41. The van der Waals surface area contributed by atoms with Crippen LogP contribution in [0.3, 0.4) is 0 Å². The Kier molecular flexibility index (Phi) is 4.52. The number of benzene rings is 1. The maximum absolute atomic E-state index is 10.7. The van der Waals surface area contributed by atoms with Crippen molar-refractivity contribution in [2.75, 3.05) is 13.1 Å². The lowest BCUT2D eigenvalue weighted by Crippen LogP contribution is -2.44. The van der Waals surface area contributed by atoms with Crippen molar-refractivity contribution in [2.24, 2.45) is 5.92 Å². The van der Waals surface area contributed by atoms with Gasteiger partial charge in [0.15, 0.2) is 0 Å². The number of likely N-dealkylation sites (tertiary alicyclic amines) is 1. The Labute approximate surface area is 161 Å². The van der Waals surface area contributed by atoms with E-state index in [0.717, 1.165) is 44.5 Å². The number of hydrogen-bond acceptors (Lipinski definition) is 4. The molecular weight excluding hydrogens is 336 g/mol. The van der Waals surface area contributed by atoms with Gasteiger partial charge in [0.25, 0.3) is 0 Å². The molecule has 3 aliphatic rings. The van der Waals surface area contributed by atoms with Gasteiger partial charge in [0.2, 0.25) is 0 Å². The van der Waals surface area contributed by atoms with Gasteiger partial charge in [0.05, 0.1) is 6.20 Å². The molecule has 5 heteroatoms. The highest BCUT2D eigenvalue weighted by Gasteiger charge is 2.36. The summed E-state index contributed by atoms with van der Waals surface area (Å²) in [5.74, 6) is 0.621. The van der Waals surface area contributed by atoms with E-state index in [2.05, 4.69) is 39.5 Å². The summed E-state index contributed by atoms with van der Waals surface area (Å²) in [4.78, 5) is 2.70. The summed E-state index contributed by atoms with van der Waals surface area (Å²) in [5, 5.41) is 19.4. The van der Waals surface area contributed by atoms with Crippen molar-refractivity contribution >= 4 is 0 Å². The maximum Gasteiger partial charge on any atom is 0.114 e. The van der Waals surface area contributed by atoms with Crippen LogP contribution < -0.4 is 0 Å². The highest BCUT2D eigenvalue weighted by molar-refractivity contribution is 5.33. The smallest absolute Gasteiger partial charge is 0.114 e. The Balaban J connectivity index is 1.22. The molecule has 2 fully saturated rings. The molecule has 1 aliphatic heterocycles. The van der Waals surface area contributed by atoms with Crippen LogP contribution in [-0.2, 0) is 25.0 Å². The van der Waals surface area contributed by atoms with E-state index in [4.69, 9.17) is 0 Å². The molecular formula is C22H30N4O. The van der Waals surface area contributed by atoms with E-state index in [1.807, 2.05) is 10.9 Å². The fourth-order valence-electron chi connectivity index (χ4n) is 5.45. The van der Waals surface area contributed by atoms with Crippen LogP contribution in [0.25, 0.3) is 0 Å². The monoisotopic (exact) mass is 366 g/mol. The molecule has 27 heavy (non-hydrogen) atoms. The lowest BCUT2D eigenvalue weighted by Gasteiger charge is -2.36. The van der Waals surface area contributed by atoms with Gasteiger partial charge in [-0.2, -0.15) is 0 Å². The first-order chi connectivity index (χ1) is 13.2. The second-order valence-corrected chi connectivity index (χ2v) is 8.90. The van der Waals surface area contributed by atoms with E-state index in [1.165, 1.54) is 43.4 Å². The fourth-order valence-corrected chi connectivity index (χ4v) is 5.45. The third-order valence-corrected chi connectivity index (χ3v) is 6.99. The first kappa shape index (κ1) is 17.4. The third kappa shape index (κ3) is 3.43. The molecule has 1 aromatic heterocycles. The van der Waals surface area contributed by atoms with Gasteiger partial charge in [0, 0.05) is 19.1 Å². The zero-order valence-corrected chi connectivity index (χ0v) is 16.1. The Hall–Kier alpha value is -1.72. The molecule has 0 bridgehead atoms. The Morgan fingerprint density at radius 1 is 1.07 bits per heavy atom. The van der Waals surface area contributed by atoms with Crippen LogP contribution >= 0.6 is 0 Å². The minimum Gasteiger partial charge on any atom is -0.383 e. The number of nitrogens with zero attached hydrogens (tertiary/aromatic N) is 4. The number of aromatic nitrogens is 3. The van der Waals surface area contributed by atoms with Gasteiger partial charge in [-0.3, -0.25) is 9.58 Å². The molecule has 1 atom stereocenters. The minimum absolute atomic E-state index is 0.621. The van der Waals surface area contributed by atoms with Crippen molar-refractivity contribution in [3.05, 3.63) is 47.3 Å². The predicted octanol–water partition coefficient (Wildman–Crippen LogP) is 2.92. The molecule has 1 saturated heterocycles. The summed E-state index contributed by atoms with van der Waals surface area (Å²) in [6, 6.07) is 9.58. The molecule has 2 aliphatic carbocycles. The first-order valence-corrected chi connectivity index (χ1v) is 10.6. The zero-order chi connectivity index (χ0) is 18.3. The largest absolute Gasteiger partial charge is 0.383 e.